The van der Waals surface area contributed by atoms with Gasteiger partial charge in [-0.15, -0.1) is 11.6 Å². The van der Waals surface area contributed by atoms with Gasteiger partial charge >= 0.3 is 0 Å². The van der Waals surface area contributed by atoms with Crippen LogP contribution in [0.3, 0.4) is 0 Å². The van der Waals surface area contributed by atoms with Crippen LogP contribution in [-0.4, -0.2) is 11.2 Å². The second-order valence-corrected chi connectivity index (χ2v) is 3.61. The molecule has 1 atom stereocenters. The smallest absolute Gasteiger partial charge is 0.154 e. The van der Waals surface area contributed by atoms with Crippen molar-refractivity contribution >= 4 is 17.4 Å². The molecule has 0 bridgehead atoms. The summed E-state index contributed by atoms with van der Waals surface area (Å²) in [6, 6.07) is 0. The van der Waals surface area contributed by atoms with E-state index in [0.717, 1.165) is 19.3 Å². The Morgan fingerprint density at radius 2 is 2.36 bits per heavy atom. The third-order valence-electron chi connectivity index (χ3n) is 2.03. The first-order chi connectivity index (χ1) is 5.20. The Labute approximate surface area is 72.4 Å². The molecule has 0 aliphatic heterocycles. The average Bonchev–Trinajstić information content (AvgIpc) is 1.98. The number of Topliss-reactive ketones (excluding diaryl/α,β-unsaturated/α-hetero) is 1. The van der Waals surface area contributed by atoms with Gasteiger partial charge in [-0.3, -0.25) is 4.79 Å². The highest BCUT2D eigenvalue weighted by Crippen LogP contribution is 2.18. The van der Waals surface area contributed by atoms with Crippen LogP contribution >= 0.6 is 11.6 Å². The summed E-state index contributed by atoms with van der Waals surface area (Å²) in [5.41, 5.74) is 1.32. The van der Waals surface area contributed by atoms with Crippen molar-refractivity contribution in [2.24, 2.45) is 0 Å². The maximum Gasteiger partial charge on any atom is 0.154 e. The minimum Gasteiger partial charge on any atom is -0.298 e. The molecule has 0 radical (unpaired) electrons. The first-order valence-electron chi connectivity index (χ1n) is 4.02. The number of carbonyl (C=O) groups excluding carboxylic acids is 1. The van der Waals surface area contributed by atoms with Gasteiger partial charge in [0.25, 0.3) is 0 Å². The number of hydrogen-bond acceptors (Lipinski definition) is 1. The molecule has 0 aromatic carbocycles. The molecule has 0 fully saturated rings. The lowest BCUT2D eigenvalue weighted by atomic mass is 10.00. The van der Waals surface area contributed by atoms with E-state index in [9.17, 15) is 4.79 Å². The van der Waals surface area contributed by atoms with Crippen LogP contribution in [0.5, 0.6) is 0 Å². The van der Waals surface area contributed by atoms with Gasteiger partial charge in [0.05, 0.1) is 5.38 Å². The second kappa shape index (κ2) is 3.91. The van der Waals surface area contributed by atoms with Crippen LogP contribution < -0.4 is 0 Å². The summed E-state index contributed by atoms with van der Waals surface area (Å²) in [6.45, 7) is 2.07. The van der Waals surface area contributed by atoms with Gasteiger partial charge in [0.2, 0.25) is 0 Å². The van der Waals surface area contributed by atoms with Gasteiger partial charge in [0.1, 0.15) is 0 Å². The minimum absolute atomic E-state index is 0.172. The maximum absolute atomic E-state index is 11.1. The number of alkyl halides is 1. The van der Waals surface area contributed by atoms with Crippen LogP contribution in [0.15, 0.2) is 11.6 Å². The van der Waals surface area contributed by atoms with E-state index < -0.39 is 0 Å². The quantitative estimate of drug-likeness (QED) is 0.406. The molecule has 1 aliphatic rings. The molecule has 0 saturated carbocycles. The number of allylic oxidation sites excluding steroid dienone is 2. The van der Waals surface area contributed by atoms with Crippen molar-refractivity contribution in [1.82, 2.24) is 0 Å². The van der Waals surface area contributed by atoms with Gasteiger partial charge in [-0.2, -0.15) is 0 Å². The Bertz CT molecular complexity index is 184. The number of halogens is 1. The topological polar surface area (TPSA) is 17.1 Å². The van der Waals surface area contributed by atoms with E-state index in [2.05, 4.69) is 6.92 Å². The van der Waals surface area contributed by atoms with Gasteiger partial charge in [-0.05, 0) is 26.2 Å². The van der Waals surface area contributed by atoms with Crippen molar-refractivity contribution < 1.29 is 4.79 Å². The minimum atomic E-state index is -0.237. The van der Waals surface area contributed by atoms with Crippen LogP contribution in [0.4, 0.5) is 0 Å². The van der Waals surface area contributed by atoms with Crippen molar-refractivity contribution in [3.05, 3.63) is 11.6 Å². The maximum atomic E-state index is 11.1. The van der Waals surface area contributed by atoms with E-state index >= 15 is 0 Å². The van der Waals surface area contributed by atoms with Crippen molar-refractivity contribution in [2.75, 3.05) is 0 Å². The Morgan fingerprint density at radius 1 is 1.64 bits per heavy atom. The summed E-state index contributed by atoms with van der Waals surface area (Å²) in [6.07, 6.45) is 5.50. The zero-order valence-corrected chi connectivity index (χ0v) is 7.53. The van der Waals surface area contributed by atoms with Gasteiger partial charge in [0.15, 0.2) is 5.78 Å². The molecule has 1 nitrogen and oxygen atoms in total. The molecule has 11 heavy (non-hydrogen) atoms. The lowest BCUT2D eigenvalue weighted by molar-refractivity contribution is -0.118. The summed E-state index contributed by atoms with van der Waals surface area (Å²) in [4.78, 5) is 11.1. The highest BCUT2D eigenvalue weighted by Gasteiger charge is 2.15. The number of rotatable bonds is 0. The van der Waals surface area contributed by atoms with Gasteiger partial charge in [-0.1, -0.05) is 11.6 Å². The number of ketones is 1. The van der Waals surface area contributed by atoms with Crippen LogP contribution in [0.1, 0.15) is 32.6 Å². The molecule has 1 unspecified atom stereocenters. The predicted octanol–water partition coefficient (Wildman–Crippen LogP) is 2.68. The molecular formula is C9H13ClO. The highest BCUT2D eigenvalue weighted by molar-refractivity contribution is 6.31. The molecule has 0 aromatic heterocycles. The molecule has 0 spiro atoms. The first-order valence-corrected chi connectivity index (χ1v) is 4.46. The molecule has 0 N–H and O–H groups in total. The van der Waals surface area contributed by atoms with Gasteiger partial charge in [-0.25, -0.2) is 0 Å². The molecule has 0 aromatic rings. The largest absolute Gasteiger partial charge is 0.298 e. The molecule has 1 aliphatic carbocycles. The summed E-state index contributed by atoms with van der Waals surface area (Å²) < 4.78 is 0. The van der Waals surface area contributed by atoms with E-state index in [0.29, 0.717) is 6.42 Å². The molecule has 0 heterocycles. The SMILES string of the molecule is C/C1=C/CC(=O)C(Cl)CCC1. The normalized spacial score (nSPS) is 32.0. The third-order valence-corrected chi connectivity index (χ3v) is 2.49. The number of carbonyl (C=O) groups is 1. The summed E-state index contributed by atoms with van der Waals surface area (Å²) >= 11 is 5.81. The monoisotopic (exact) mass is 172 g/mol. The zero-order valence-electron chi connectivity index (χ0n) is 6.77. The molecule has 2 heteroatoms. The Hall–Kier alpha value is -0.300. The fourth-order valence-corrected chi connectivity index (χ4v) is 1.47. The fraction of sp³-hybridized carbons (Fsp3) is 0.667. The van der Waals surface area contributed by atoms with E-state index in [1.807, 2.05) is 6.08 Å². The second-order valence-electron chi connectivity index (χ2n) is 3.08. The van der Waals surface area contributed by atoms with Crippen molar-refractivity contribution in [2.45, 2.75) is 38.0 Å². The average molecular weight is 173 g/mol. The molecular weight excluding hydrogens is 160 g/mol. The molecule has 0 saturated heterocycles. The summed E-state index contributed by atoms with van der Waals surface area (Å²) in [5.74, 6) is 0.172. The summed E-state index contributed by atoms with van der Waals surface area (Å²) in [7, 11) is 0. The zero-order chi connectivity index (χ0) is 8.27. The van der Waals surface area contributed by atoms with E-state index in [4.69, 9.17) is 11.6 Å². The van der Waals surface area contributed by atoms with Crippen molar-refractivity contribution in [3.63, 3.8) is 0 Å². The Morgan fingerprint density at radius 3 is 3.09 bits per heavy atom. The van der Waals surface area contributed by atoms with Gasteiger partial charge < -0.3 is 0 Å². The summed E-state index contributed by atoms with van der Waals surface area (Å²) in [5, 5.41) is -0.237. The van der Waals surface area contributed by atoms with Crippen molar-refractivity contribution in [3.8, 4) is 0 Å². The molecule has 62 valence electrons. The van der Waals surface area contributed by atoms with Crippen molar-refractivity contribution in [1.29, 1.82) is 0 Å². The predicted molar refractivity (Wildman–Crippen MR) is 46.9 cm³/mol. The lowest BCUT2D eigenvalue weighted by Crippen LogP contribution is -2.14. The van der Waals surface area contributed by atoms with E-state index in [-0.39, 0.29) is 11.2 Å². The van der Waals surface area contributed by atoms with E-state index in [1.54, 1.807) is 0 Å². The standard InChI is InChI=1S/C9H13ClO/c1-7-3-2-4-8(10)9(11)6-5-7/h5,8H,2-4,6H2,1H3/b7-5-. The fourth-order valence-electron chi connectivity index (χ4n) is 1.23. The van der Waals surface area contributed by atoms with Crippen LogP contribution in [0.25, 0.3) is 0 Å². The van der Waals surface area contributed by atoms with Crippen LogP contribution in [0.2, 0.25) is 0 Å². The van der Waals surface area contributed by atoms with E-state index in [1.165, 1.54) is 5.57 Å². The van der Waals surface area contributed by atoms with Gasteiger partial charge in [0, 0.05) is 6.42 Å². The van der Waals surface area contributed by atoms with Crippen LogP contribution in [0, 0.1) is 0 Å². The number of hydrogen-bond donors (Lipinski definition) is 0. The van der Waals surface area contributed by atoms with Crippen LogP contribution in [-0.2, 0) is 4.79 Å². The molecule has 1 rings (SSSR count). The Kier molecular flexibility index (Phi) is 3.13. The lowest BCUT2D eigenvalue weighted by Gasteiger charge is -2.10. The third kappa shape index (κ3) is 2.66. The Balaban J connectivity index is 2.59. The highest BCUT2D eigenvalue weighted by atomic mass is 35.5. The first kappa shape index (κ1) is 8.79. The molecule has 0 amide bonds.